The lowest BCUT2D eigenvalue weighted by Gasteiger charge is -2.13. The van der Waals surface area contributed by atoms with Gasteiger partial charge in [0, 0.05) is 5.69 Å². The molecule has 2 aromatic heterocycles. The molecule has 0 atom stereocenters. The predicted octanol–water partition coefficient (Wildman–Crippen LogP) is 2.44. The first-order valence-corrected chi connectivity index (χ1v) is 8.26. The molecule has 0 bridgehead atoms. The van der Waals surface area contributed by atoms with Crippen LogP contribution in [0.25, 0.3) is 0 Å². The van der Waals surface area contributed by atoms with E-state index in [1.165, 1.54) is 6.07 Å². The summed E-state index contributed by atoms with van der Waals surface area (Å²) < 4.78 is 6.24. The lowest BCUT2D eigenvalue weighted by atomic mass is 9.89. The molecule has 7 heteroatoms. The molecule has 3 aromatic rings. The number of ether oxygens (including phenoxy) is 1. The Hall–Kier alpha value is -3.61. The van der Waals surface area contributed by atoms with Gasteiger partial charge >= 0.3 is 0 Å². The molecule has 0 radical (unpaired) electrons. The number of aromatic nitrogens is 2. The second-order valence-electron chi connectivity index (χ2n) is 6.34. The molecular formula is C20H16N2O5. The molecular weight excluding hydrogens is 348 g/mol. The number of hydrogen-bond donors (Lipinski definition) is 2. The number of pyridine rings is 1. The summed E-state index contributed by atoms with van der Waals surface area (Å²) in [6.45, 7) is 1.79. The largest absolute Gasteiger partial charge is 0.497 e. The van der Waals surface area contributed by atoms with Crippen LogP contribution in [-0.4, -0.2) is 38.4 Å². The highest BCUT2D eigenvalue weighted by Gasteiger charge is 2.39. The minimum Gasteiger partial charge on any atom is -0.497 e. The van der Waals surface area contributed by atoms with Gasteiger partial charge < -0.3 is 14.9 Å². The number of rotatable bonds is 3. The van der Waals surface area contributed by atoms with Crippen LogP contribution >= 0.6 is 0 Å². The van der Waals surface area contributed by atoms with Crippen molar-refractivity contribution in [2.45, 2.75) is 13.5 Å². The predicted molar refractivity (Wildman–Crippen MR) is 95.7 cm³/mol. The van der Waals surface area contributed by atoms with Crippen LogP contribution in [0.3, 0.4) is 0 Å². The molecule has 0 amide bonds. The van der Waals surface area contributed by atoms with Crippen LogP contribution in [0, 0.1) is 6.92 Å². The van der Waals surface area contributed by atoms with Crippen molar-refractivity contribution in [3.8, 4) is 17.5 Å². The molecule has 136 valence electrons. The second kappa shape index (κ2) is 5.98. The first-order valence-electron chi connectivity index (χ1n) is 8.26. The van der Waals surface area contributed by atoms with E-state index in [1.807, 2.05) is 0 Å². The van der Waals surface area contributed by atoms with E-state index in [0.29, 0.717) is 11.4 Å². The van der Waals surface area contributed by atoms with E-state index in [1.54, 1.807) is 44.4 Å². The molecule has 1 aromatic carbocycles. The van der Waals surface area contributed by atoms with Gasteiger partial charge in [0.05, 0.1) is 24.8 Å². The molecule has 0 aliphatic heterocycles. The van der Waals surface area contributed by atoms with Gasteiger partial charge in [-0.05, 0) is 36.8 Å². The number of nitrogens with zero attached hydrogens (tertiary/aromatic N) is 2. The maximum Gasteiger partial charge on any atom is 0.218 e. The van der Waals surface area contributed by atoms with Crippen LogP contribution in [-0.2, 0) is 6.54 Å². The highest BCUT2D eigenvalue weighted by atomic mass is 16.5. The molecule has 2 heterocycles. The lowest BCUT2D eigenvalue weighted by molar-refractivity contribution is 0.0972. The van der Waals surface area contributed by atoms with E-state index in [0.717, 1.165) is 10.1 Å². The van der Waals surface area contributed by atoms with E-state index in [2.05, 4.69) is 4.98 Å². The third-order valence-corrected chi connectivity index (χ3v) is 4.66. The normalized spacial score (nSPS) is 12.7. The number of ketones is 2. The maximum absolute atomic E-state index is 12.8. The molecule has 0 saturated carbocycles. The third-order valence-electron chi connectivity index (χ3n) is 4.66. The van der Waals surface area contributed by atoms with Gasteiger partial charge in [-0.25, -0.2) is 4.98 Å². The Balaban J connectivity index is 1.82. The van der Waals surface area contributed by atoms with Crippen molar-refractivity contribution in [3.63, 3.8) is 0 Å². The van der Waals surface area contributed by atoms with Crippen molar-refractivity contribution in [2.75, 3.05) is 7.11 Å². The fourth-order valence-corrected chi connectivity index (χ4v) is 3.25. The zero-order valence-corrected chi connectivity index (χ0v) is 14.7. The zero-order chi connectivity index (χ0) is 19.3. The number of hydrogen-bond acceptors (Lipinski definition) is 6. The fourth-order valence-electron chi connectivity index (χ4n) is 3.25. The van der Waals surface area contributed by atoms with Crippen molar-refractivity contribution in [2.24, 2.45) is 0 Å². The smallest absolute Gasteiger partial charge is 0.218 e. The molecule has 0 unspecified atom stereocenters. The van der Waals surface area contributed by atoms with Crippen LogP contribution in [0.15, 0.2) is 36.4 Å². The monoisotopic (exact) mass is 364 g/mol. The molecule has 4 rings (SSSR count). The molecule has 1 aliphatic rings. The van der Waals surface area contributed by atoms with Crippen LogP contribution in [0.4, 0.5) is 0 Å². The maximum atomic E-state index is 12.8. The fraction of sp³-hybridized carbons (Fsp3) is 0.150. The van der Waals surface area contributed by atoms with E-state index >= 15 is 0 Å². The topological polar surface area (TPSA) is 102 Å². The van der Waals surface area contributed by atoms with Crippen molar-refractivity contribution in [1.82, 2.24) is 9.55 Å². The summed E-state index contributed by atoms with van der Waals surface area (Å²) in [5.41, 5.74) is 1.04. The van der Waals surface area contributed by atoms with Crippen molar-refractivity contribution >= 4 is 11.6 Å². The number of aryl methyl sites for hydroxylation is 1. The number of carbonyl (C=O) groups excluding carboxylic acids is 2. The van der Waals surface area contributed by atoms with E-state index in [4.69, 9.17) is 4.74 Å². The average molecular weight is 364 g/mol. The summed E-state index contributed by atoms with van der Waals surface area (Å²) in [5, 5.41) is 21.1. The molecule has 7 nitrogen and oxygen atoms in total. The Morgan fingerprint density at radius 2 is 1.59 bits per heavy atom. The van der Waals surface area contributed by atoms with Crippen LogP contribution in [0.2, 0.25) is 0 Å². The third kappa shape index (κ3) is 2.47. The van der Waals surface area contributed by atoms with E-state index in [9.17, 15) is 19.8 Å². The first-order chi connectivity index (χ1) is 12.9. The number of carbonyl (C=O) groups is 2. The Bertz CT molecular complexity index is 1100. The second-order valence-corrected chi connectivity index (χ2v) is 6.34. The molecule has 2 N–H and O–H groups in total. The van der Waals surface area contributed by atoms with Gasteiger partial charge in [-0.15, -0.1) is 0 Å². The van der Waals surface area contributed by atoms with Crippen molar-refractivity contribution in [3.05, 3.63) is 70.0 Å². The summed E-state index contributed by atoms with van der Waals surface area (Å²) in [6, 6.07) is 10.1. The lowest BCUT2D eigenvalue weighted by Crippen LogP contribution is -2.21. The SMILES string of the molecule is COc1ccc(Cn2c(O)c3c(c2O)C(=O)c2nc(C)ccc2C3=O)cc1. The zero-order valence-electron chi connectivity index (χ0n) is 14.7. The molecule has 0 fully saturated rings. The van der Waals surface area contributed by atoms with Crippen molar-refractivity contribution < 1.29 is 24.5 Å². The summed E-state index contributed by atoms with van der Waals surface area (Å²) in [4.78, 5) is 29.7. The number of aromatic hydroxyl groups is 2. The van der Waals surface area contributed by atoms with Gasteiger partial charge in [-0.2, -0.15) is 0 Å². The minimum atomic E-state index is -0.579. The van der Waals surface area contributed by atoms with Crippen LogP contribution < -0.4 is 4.74 Å². The number of methoxy groups -OCH3 is 1. The molecule has 1 aliphatic carbocycles. The summed E-state index contributed by atoms with van der Waals surface area (Å²) >= 11 is 0. The molecule has 27 heavy (non-hydrogen) atoms. The minimum absolute atomic E-state index is 0.00982. The van der Waals surface area contributed by atoms with Crippen molar-refractivity contribution in [1.29, 1.82) is 0 Å². The standard InChI is InChI=1S/C20H16N2O5/c1-10-3-8-13-16(21-10)18(24)15-14(17(13)23)19(25)22(20(15)26)9-11-4-6-12(27-2)7-5-11/h3-8,25-26H,9H2,1-2H3. The number of benzene rings is 1. The molecule has 0 saturated heterocycles. The average Bonchev–Trinajstić information content (AvgIpc) is 2.91. The number of fused-ring (bicyclic) bond motifs is 2. The first kappa shape index (κ1) is 16.8. The quantitative estimate of drug-likeness (QED) is 0.579. The Labute approximate surface area is 154 Å². The van der Waals surface area contributed by atoms with E-state index in [-0.39, 0.29) is 28.9 Å². The van der Waals surface area contributed by atoms with Gasteiger partial charge in [0.25, 0.3) is 0 Å². The summed E-state index contributed by atoms with van der Waals surface area (Å²) in [5.74, 6) is -1.34. The van der Waals surface area contributed by atoms with Gasteiger partial charge in [0.1, 0.15) is 17.0 Å². The Morgan fingerprint density at radius 3 is 2.22 bits per heavy atom. The summed E-state index contributed by atoms with van der Waals surface area (Å²) in [7, 11) is 1.55. The van der Waals surface area contributed by atoms with Gasteiger partial charge in [-0.3, -0.25) is 14.2 Å². The Morgan fingerprint density at radius 1 is 0.963 bits per heavy atom. The van der Waals surface area contributed by atoms with Crippen LogP contribution in [0.5, 0.6) is 17.5 Å². The van der Waals surface area contributed by atoms with Gasteiger partial charge in [0.15, 0.2) is 0 Å². The molecule has 0 spiro atoms. The van der Waals surface area contributed by atoms with E-state index < -0.39 is 23.3 Å². The highest BCUT2D eigenvalue weighted by molar-refractivity contribution is 6.29. The van der Waals surface area contributed by atoms with Gasteiger partial charge in [0.2, 0.25) is 23.3 Å². The van der Waals surface area contributed by atoms with Crippen LogP contribution in [0.1, 0.15) is 43.2 Å². The van der Waals surface area contributed by atoms with Gasteiger partial charge in [-0.1, -0.05) is 12.1 Å². The highest BCUT2D eigenvalue weighted by Crippen LogP contribution is 2.40. The Kier molecular flexibility index (Phi) is 3.73. The summed E-state index contributed by atoms with van der Waals surface area (Å²) in [6.07, 6.45) is 0.